The number of fused-ring (bicyclic) bond motifs is 1. The fourth-order valence-corrected chi connectivity index (χ4v) is 3.13. The van der Waals surface area contributed by atoms with E-state index in [1.165, 1.54) is 0 Å². The van der Waals surface area contributed by atoms with Gasteiger partial charge in [0, 0.05) is 25.6 Å². The normalized spacial score (nSPS) is 15.3. The van der Waals surface area contributed by atoms with Crippen molar-refractivity contribution in [1.82, 2.24) is 25.1 Å². The molecule has 0 spiro atoms. The van der Waals surface area contributed by atoms with Crippen molar-refractivity contribution < 1.29 is 4.42 Å². The average Bonchev–Trinajstić information content (AvgIpc) is 3.08. The van der Waals surface area contributed by atoms with E-state index in [2.05, 4.69) is 41.4 Å². The van der Waals surface area contributed by atoms with E-state index in [9.17, 15) is 0 Å². The number of nitrogens with zero attached hydrogens (tertiary/aromatic N) is 5. The molecule has 0 aromatic carbocycles. The lowest BCUT2D eigenvalue weighted by Crippen LogP contribution is -2.51. The zero-order valence-electron chi connectivity index (χ0n) is 12.7. The van der Waals surface area contributed by atoms with Crippen molar-refractivity contribution in [3.63, 3.8) is 0 Å². The molecule has 0 bridgehead atoms. The van der Waals surface area contributed by atoms with Gasteiger partial charge in [0.15, 0.2) is 16.1 Å². The average molecular weight is 377 g/mol. The predicted molar refractivity (Wildman–Crippen MR) is 89.3 cm³/mol. The van der Waals surface area contributed by atoms with Crippen molar-refractivity contribution in [2.45, 2.75) is 13.5 Å². The molecule has 4 rings (SSSR count). The number of furan rings is 1. The first-order chi connectivity index (χ1) is 11.2. The Bertz CT molecular complexity index is 822. The van der Waals surface area contributed by atoms with Crippen LogP contribution in [0.3, 0.4) is 0 Å². The minimum atomic E-state index is 0.632. The molecule has 0 amide bonds. The summed E-state index contributed by atoms with van der Waals surface area (Å²) in [6, 6.07) is 7.86. The molecule has 8 heteroatoms. The molecule has 3 aromatic rings. The van der Waals surface area contributed by atoms with E-state index in [1.807, 2.05) is 31.2 Å². The summed E-state index contributed by atoms with van der Waals surface area (Å²) in [4.78, 5) is 2.27. The van der Waals surface area contributed by atoms with Crippen molar-refractivity contribution in [2.75, 3.05) is 24.5 Å². The van der Waals surface area contributed by atoms with Gasteiger partial charge in [-0.25, -0.2) is 0 Å². The van der Waals surface area contributed by atoms with Crippen molar-refractivity contribution in [3.8, 4) is 0 Å². The van der Waals surface area contributed by atoms with E-state index in [1.54, 1.807) is 4.52 Å². The van der Waals surface area contributed by atoms with Crippen molar-refractivity contribution in [1.29, 1.82) is 0 Å². The van der Waals surface area contributed by atoms with Crippen LogP contribution in [0.1, 0.15) is 11.6 Å². The van der Waals surface area contributed by atoms with Crippen LogP contribution in [0.5, 0.6) is 0 Å². The molecule has 23 heavy (non-hydrogen) atoms. The second-order valence-corrected chi connectivity index (χ2v) is 6.60. The van der Waals surface area contributed by atoms with E-state index < -0.39 is 0 Å². The van der Waals surface area contributed by atoms with Crippen LogP contribution in [0, 0.1) is 12.8 Å². The standard InChI is InChI=1S/C15H17BrN6O/c1-10-18-19-14-4-5-15(20-22(10)14)21-8-11(9-21)6-17-7-12-2-3-13(16)23-12/h2-5,11,17H,6-9H2,1H3. The van der Waals surface area contributed by atoms with Crippen LogP contribution in [0.15, 0.2) is 33.4 Å². The topological polar surface area (TPSA) is 71.5 Å². The monoisotopic (exact) mass is 376 g/mol. The van der Waals surface area contributed by atoms with Gasteiger partial charge in [0.2, 0.25) is 0 Å². The van der Waals surface area contributed by atoms with Gasteiger partial charge >= 0.3 is 0 Å². The number of anilines is 1. The van der Waals surface area contributed by atoms with E-state index in [0.29, 0.717) is 5.92 Å². The molecule has 4 heterocycles. The molecular weight excluding hydrogens is 360 g/mol. The van der Waals surface area contributed by atoms with E-state index >= 15 is 0 Å². The third-order valence-electron chi connectivity index (χ3n) is 4.05. The lowest BCUT2D eigenvalue weighted by molar-refractivity contribution is 0.369. The molecule has 0 aliphatic carbocycles. The molecule has 120 valence electrons. The quantitative estimate of drug-likeness (QED) is 0.734. The van der Waals surface area contributed by atoms with Gasteiger partial charge in [-0.15, -0.1) is 15.3 Å². The lowest BCUT2D eigenvalue weighted by Gasteiger charge is -2.40. The fourth-order valence-electron chi connectivity index (χ4n) is 2.79. The molecule has 7 nitrogen and oxygen atoms in total. The van der Waals surface area contributed by atoms with Crippen molar-refractivity contribution in [2.24, 2.45) is 5.92 Å². The maximum absolute atomic E-state index is 5.47. The van der Waals surface area contributed by atoms with Crippen LogP contribution in [-0.4, -0.2) is 39.4 Å². The Morgan fingerprint density at radius 3 is 2.91 bits per heavy atom. The smallest absolute Gasteiger partial charge is 0.178 e. The number of hydrogen-bond acceptors (Lipinski definition) is 6. The summed E-state index contributed by atoms with van der Waals surface area (Å²) in [7, 11) is 0. The van der Waals surface area contributed by atoms with Gasteiger partial charge in [0.1, 0.15) is 11.6 Å². The summed E-state index contributed by atoms with van der Waals surface area (Å²) in [6.07, 6.45) is 0. The van der Waals surface area contributed by atoms with Crippen LogP contribution in [-0.2, 0) is 6.54 Å². The van der Waals surface area contributed by atoms with Crippen LogP contribution >= 0.6 is 15.9 Å². The van der Waals surface area contributed by atoms with E-state index in [0.717, 1.165) is 53.9 Å². The number of nitrogens with one attached hydrogen (secondary N) is 1. The van der Waals surface area contributed by atoms with Gasteiger partial charge in [0.25, 0.3) is 0 Å². The molecular formula is C15H17BrN6O. The summed E-state index contributed by atoms with van der Waals surface area (Å²) in [6.45, 7) is 5.66. The molecule has 0 unspecified atom stereocenters. The number of aryl methyl sites for hydroxylation is 1. The summed E-state index contributed by atoms with van der Waals surface area (Å²) < 4.78 is 8.03. The third-order valence-corrected chi connectivity index (χ3v) is 4.47. The SMILES string of the molecule is Cc1nnc2ccc(N3CC(CNCc4ccc(Br)o4)C3)nn12. The van der Waals surface area contributed by atoms with E-state index in [-0.39, 0.29) is 0 Å². The van der Waals surface area contributed by atoms with Gasteiger partial charge in [-0.1, -0.05) is 0 Å². The number of halogens is 1. The number of aromatic nitrogens is 4. The van der Waals surface area contributed by atoms with Crippen LogP contribution < -0.4 is 10.2 Å². The van der Waals surface area contributed by atoms with Crippen LogP contribution in [0.4, 0.5) is 5.82 Å². The maximum atomic E-state index is 5.47. The Morgan fingerprint density at radius 2 is 2.13 bits per heavy atom. The fraction of sp³-hybridized carbons (Fsp3) is 0.400. The molecule has 1 aliphatic heterocycles. The lowest BCUT2D eigenvalue weighted by atomic mass is 10.0. The Balaban J connectivity index is 1.29. The number of rotatable bonds is 5. The molecule has 0 atom stereocenters. The highest BCUT2D eigenvalue weighted by molar-refractivity contribution is 9.10. The predicted octanol–water partition coefficient (Wildman–Crippen LogP) is 2.01. The van der Waals surface area contributed by atoms with Gasteiger partial charge in [-0.2, -0.15) is 4.52 Å². The highest BCUT2D eigenvalue weighted by Gasteiger charge is 2.27. The van der Waals surface area contributed by atoms with Crippen LogP contribution in [0.2, 0.25) is 0 Å². The Morgan fingerprint density at radius 1 is 1.26 bits per heavy atom. The molecule has 0 radical (unpaired) electrons. The van der Waals surface area contributed by atoms with Gasteiger partial charge in [-0.05, 0) is 47.1 Å². The first-order valence-corrected chi connectivity index (χ1v) is 8.37. The zero-order chi connectivity index (χ0) is 15.8. The summed E-state index contributed by atoms with van der Waals surface area (Å²) in [5.41, 5.74) is 0.787. The maximum Gasteiger partial charge on any atom is 0.178 e. The molecule has 1 N–H and O–H groups in total. The highest BCUT2D eigenvalue weighted by Crippen LogP contribution is 2.22. The second kappa shape index (κ2) is 5.93. The van der Waals surface area contributed by atoms with Crippen molar-refractivity contribution >= 4 is 27.4 Å². The van der Waals surface area contributed by atoms with Gasteiger partial charge in [0.05, 0.1) is 6.54 Å². The zero-order valence-corrected chi connectivity index (χ0v) is 14.3. The molecule has 1 aliphatic rings. The van der Waals surface area contributed by atoms with Crippen LogP contribution in [0.25, 0.3) is 5.65 Å². The second-order valence-electron chi connectivity index (χ2n) is 5.82. The Labute approximate surface area is 141 Å². The highest BCUT2D eigenvalue weighted by atomic mass is 79.9. The van der Waals surface area contributed by atoms with Gasteiger partial charge in [-0.3, -0.25) is 0 Å². The van der Waals surface area contributed by atoms with Gasteiger partial charge < -0.3 is 14.6 Å². The minimum Gasteiger partial charge on any atom is -0.453 e. The van der Waals surface area contributed by atoms with E-state index in [4.69, 9.17) is 4.42 Å². The third kappa shape index (κ3) is 2.96. The van der Waals surface area contributed by atoms with Crippen molar-refractivity contribution in [3.05, 3.63) is 40.5 Å². The Hall–Kier alpha value is -1.93. The summed E-state index contributed by atoms with van der Waals surface area (Å²) in [5, 5.41) is 16.1. The number of hydrogen-bond donors (Lipinski definition) is 1. The molecule has 0 saturated carbocycles. The molecule has 1 fully saturated rings. The first-order valence-electron chi connectivity index (χ1n) is 7.58. The minimum absolute atomic E-state index is 0.632. The Kier molecular flexibility index (Phi) is 3.78. The summed E-state index contributed by atoms with van der Waals surface area (Å²) >= 11 is 3.31. The summed E-state index contributed by atoms with van der Waals surface area (Å²) in [5.74, 6) is 3.37. The first kappa shape index (κ1) is 14.6. The largest absolute Gasteiger partial charge is 0.453 e. The molecule has 3 aromatic heterocycles. The molecule has 1 saturated heterocycles.